The van der Waals surface area contributed by atoms with Gasteiger partial charge in [0.25, 0.3) is 5.56 Å². The molecule has 3 aromatic rings. The Balaban J connectivity index is 1.27. The number of piperazine rings is 1. The number of hydrogen-bond donors (Lipinski definition) is 1. The summed E-state index contributed by atoms with van der Waals surface area (Å²) in [5, 5.41) is 8.70. The standard InChI is InChI=1S/C27H36N8O2/c1-3-24(36)33-14-11-32(12-15-33)13-16-34-25(37)10-8-21-17-28-27(31-26(21)34)30-22-18-29-35(19-22)23-6-4-5-20(2)7-9-23/h3,8,10,17-20,23H,1,4-7,9,11-16H2,2H3,(H,28,30,31). The van der Waals surface area contributed by atoms with Crippen LogP contribution < -0.4 is 10.9 Å². The second-order valence-electron chi connectivity index (χ2n) is 10.3. The van der Waals surface area contributed by atoms with E-state index in [4.69, 9.17) is 4.98 Å². The molecule has 10 heteroatoms. The number of rotatable bonds is 7. The van der Waals surface area contributed by atoms with E-state index in [0.717, 1.165) is 42.9 Å². The molecule has 4 heterocycles. The number of pyridine rings is 1. The lowest BCUT2D eigenvalue weighted by atomic mass is 10.0. The largest absolute Gasteiger partial charge is 0.337 e. The van der Waals surface area contributed by atoms with E-state index in [1.165, 1.54) is 25.3 Å². The normalized spacial score (nSPS) is 21.1. The summed E-state index contributed by atoms with van der Waals surface area (Å²) < 4.78 is 3.78. The van der Waals surface area contributed by atoms with Crippen molar-refractivity contribution in [1.29, 1.82) is 0 Å². The summed E-state index contributed by atoms with van der Waals surface area (Å²) in [4.78, 5) is 37.9. The van der Waals surface area contributed by atoms with Crippen LogP contribution in [0, 0.1) is 5.92 Å². The number of anilines is 2. The van der Waals surface area contributed by atoms with Gasteiger partial charge < -0.3 is 10.2 Å². The van der Waals surface area contributed by atoms with Gasteiger partial charge in [-0.3, -0.25) is 23.7 Å². The highest BCUT2D eigenvalue weighted by molar-refractivity contribution is 5.87. The Morgan fingerprint density at radius 1 is 1.11 bits per heavy atom. The number of amides is 1. The Labute approximate surface area is 217 Å². The number of carbonyl (C=O) groups excluding carboxylic acids is 1. The number of nitrogens with one attached hydrogen (secondary N) is 1. The molecule has 0 spiro atoms. The SMILES string of the molecule is C=CC(=O)N1CCN(CCn2c(=O)ccc3cnc(Nc4cnn(C5CCCC(C)CC5)c4)nc32)CC1. The van der Waals surface area contributed by atoms with E-state index in [2.05, 4.69) is 38.5 Å². The fourth-order valence-corrected chi connectivity index (χ4v) is 5.37. The molecule has 3 aromatic heterocycles. The van der Waals surface area contributed by atoms with Crippen LogP contribution in [-0.4, -0.2) is 72.7 Å². The molecule has 1 amide bonds. The number of hydrogen-bond acceptors (Lipinski definition) is 7. The minimum absolute atomic E-state index is 0.0315. The van der Waals surface area contributed by atoms with Gasteiger partial charge in [-0.05, 0) is 37.3 Å². The van der Waals surface area contributed by atoms with Gasteiger partial charge in [0.2, 0.25) is 11.9 Å². The van der Waals surface area contributed by atoms with E-state index in [1.807, 2.05) is 12.4 Å². The molecule has 0 radical (unpaired) electrons. The minimum Gasteiger partial charge on any atom is -0.337 e. The molecular weight excluding hydrogens is 468 g/mol. The summed E-state index contributed by atoms with van der Waals surface area (Å²) in [7, 11) is 0. The molecular formula is C27H36N8O2. The zero-order chi connectivity index (χ0) is 25.8. The Hall–Kier alpha value is -3.53. The predicted molar refractivity (Wildman–Crippen MR) is 144 cm³/mol. The van der Waals surface area contributed by atoms with Crippen molar-refractivity contribution in [2.45, 2.75) is 51.6 Å². The van der Waals surface area contributed by atoms with Crippen molar-refractivity contribution >= 4 is 28.6 Å². The Morgan fingerprint density at radius 2 is 1.95 bits per heavy atom. The molecule has 10 nitrogen and oxygen atoms in total. The summed E-state index contributed by atoms with van der Waals surface area (Å²) in [6.45, 7) is 9.99. The van der Waals surface area contributed by atoms with Crippen LogP contribution in [0.3, 0.4) is 0 Å². The minimum atomic E-state index is -0.0898. The molecule has 2 atom stereocenters. The quantitative estimate of drug-likeness (QED) is 0.389. The van der Waals surface area contributed by atoms with Gasteiger partial charge in [0.1, 0.15) is 5.65 Å². The monoisotopic (exact) mass is 504 g/mol. The Morgan fingerprint density at radius 3 is 2.76 bits per heavy atom. The second kappa shape index (κ2) is 11.2. The van der Waals surface area contributed by atoms with Crippen LogP contribution >= 0.6 is 0 Å². The molecule has 196 valence electrons. The highest BCUT2D eigenvalue weighted by Gasteiger charge is 2.20. The maximum absolute atomic E-state index is 12.8. The average Bonchev–Trinajstić information content (AvgIpc) is 3.27. The molecule has 1 saturated carbocycles. The van der Waals surface area contributed by atoms with E-state index < -0.39 is 0 Å². The third-order valence-electron chi connectivity index (χ3n) is 7.68. The van der Waals surface area contributed by atoms with Crippen LogP contribution in [0.5, 0.6) is 0 Å². The number of fused-ring (bicyclic) bond motifs is 1. The van der Waals surface area contributed by atoms with Crippen molar-refractivity contribution in [1.82, 2.24) is 34.1 Å². The molecule has 37 heavy (non-hydrogen) atoms. The van der Waals surface area contributed by atoms with Crippen molar-refractivity contribution in [3.63, 3.8) is 0 Å². The molecule has 0 aromatic carbocycles. The third kappa shape index (κ3) is 5.90. The highest BCUT2D eigenvalue weighted by Crippen LogP contribution is 2.30. The van der Waals surface area contributed by atoms with Gasteiger partial charge in [-0.2, -0.15) is 10.1 Å². The van der Waals surface area contributed by atoms with Crippen LogP contribution in [-0.2, 0) is 11.3 Å². The van der Waals surface area contributed by atoms with E-state index in [1.54, 1.807) is 27.8 Å². The highest BCUT2D eigenvalue weighted by atomic mass is 16.2. The van der Waals surface area contributed by atoms with Crippen LogP contribution in [0.25, 0.3) is 11.0 Å². The fraction of sp³-hybridized carbons (Fsp3) is 0.519. The second-order valence-corrected chi connectivity index (χ2v) is 10.3. The average molecular weight is 505 g/mol. The van der Waals surface area contributed by atoms with E-state index in [0.29, 0.717) is 43.8 Å². The van der Waals surface area contributed by atoms with E-state index >= 15 is 0 Å². The van der Waals surface area contributed by atoms with Gasteiger partial charge >= 0.3 is 0 Å². The first-order chi connectivity index (χ1) is 18.0. The molecule has 2 aliphatic rings. The molecule has 2 unspecified atom stereocenters. The summed E-state index contributed by atoms with van der Waals surface area (Å²) in [6, 6.07) is 3.76. The van der Waals surface area contributed by atoms with Gasteiger partial charge in [-0.15, -0.1) is 0 Å². The van der Waals surface area contributed by atoms with Gasteiger partial charge in [0, 0.05) is 63.1 Å². The predicted octanol–water partition coefficient (Wildman–Crippen LogP) is 3.20. The zero-order valence-corrected chi connectivity index (χ0v) is 21.6. The lowest BCUT2D eigenvalue weighted by Gasteiger charge is -2.34. The van der Waals surface area contributed by atoms with Crippen LogP contribution in [0.1, 0.15) is 45.1 Å². The first-order valence-electron chi connectivity index (χ1n) is 13.3. The first kappa shape index (κ1) is 25.1. The van der Waals surface area contributed by atoms with Gasteiger partial charge in [0.05, 0.1) is 17.9 Å². The number of aromatic nitrogens is 5. The van der Waals surface area contributed by atoms with Crippen molar-refractivity contribution < 1.29 is 4.79 Å². The molecule has 1 saturated heterocycles. The van der Waals surface area contributed by atoms with Crippen LogP contribution in [0.4, 0.5) is 11.6 Å². The smallest absolute Gasteiger partial charge is 0.252 e. The van der Waals surface area contributed by atoms with Gasteiger partial charge in [-0.1, -0.05) is 26.3 Å². The third-order valence-corrected chi connectivity index (χ3v) is 7.68. The Bertz CT molecular complexity index is 1310. The van der Waals surface area contributed by atoms with E-state index in [9.17, 15) is 9.59 Å². The fourth-order valence-electron chi connectivity index (χ4n) is 5.37. The summed E-state index contributed by atoms with van der Waals surface area (Å²) in [6.07, 6.45) is 13.0. The topological polar surface area (TPSA) is 101 Å². The number of carbonyl (C=O) groups is 1. The van der Waals surface area contributed by atoms with Gasteiger partial charge in [-0.25, -0.2) is 4.98 Å². The molecule has 1 N–H and O–H groups in total. The lowest BCUT2D eigenvalue weighted by molar-refractivity contribution is -0.127. The van der Waals surface area contributed by atoms with Crippen LogP contribution in [0.15, 0.2) is 48.2 Å². The number of nitrogens with zero attached hydrogens (tertiary/aromatic N) is 7. The molecule has 1 aliphatic heterocycles. The van der Waals surface area contributed by atoms with Gasteiger partial charge in [0.15, 0.2) is 0 Å². The van der Waals surface area contributed by atoms with Crippen LogP contribution in [0.2, 0.25) is 0 Å². The van der Waals surface area contributed by atoms with Crippen molar-refractivity contribution in [3.05, 3.63) is 53.7 Å². The molecule has 0 bridgehead atoms. The van der Waals surface area contributed by atoms with Crippen molar-refractivity contribution in [2.24, 2.45) is 5.92 Å². The summed E-state index contributed by atoms with van der Waals surface area (Å²) in [5.74, 6) is 1.20. The summed E-state index contributed by atoms with van der Waals surface area (Å²) in [5.41, 5.74) is 1.36. The lowest BCUT2D eigenvalue weighted by Crippen LogP contribution is -2.49. The molecule has 1 aliphatic carbocycles. The Kier molecular flexibility index (Phi) is 7.64. The van der Waals surface area contributed by atoms with Crippen molar-refractivity contribution in [2.75, 3.05) is 38.0 Å². The maximum Gasteiger partial charge on any atom is 0.252 e. The zero-order valence-electron chi connectivity index (χ0n) is 21.6. The molecule has 5 rings (SSSR count). The van der Waals surface area contributed by atoms with Crippen molar-refractivity contribution in [3.8, 4) is 0 Å². The molecule has 2 fully saturated rings. The summed E-state index contributed by atoms with van der Waals surface area (Å²) >= 11 is 0. The van der Waals surface area contributed by atoms with E-state index in [-0.39, 0.29) is 11.5 Å². The first-order valence-corrected chi connectivity index (χ1v) is 13.3. The maximum atomic E-state index is 12.8.